The first-order valence-electron chi connectivity index (χ1n) is 7.38. The van der Waals surface area contributed by atoms with Gasteiger partial charge in [-0.3, -0.25) is 4.72 Å². The van der Waals surface area contributed by atoms with Gasteiger partial charge in [0.25, 0.3) is 10.0 Å². The highest BCUT2D eigenvalue weighted by Crippen LogP contribution is 2.36. The van der Waals surface area contributed by atoms with Crippen molar-refractivity contribution in [3.05, 3.63) is 59.6 Å². The molecule has 0 bridgehead atoms. The van der Waals surface area contributed by atoms with Crippen molar-refractivity contribution in [2.75, 3.05) is 18.9 Å². The van der Waals surface area contributed by atoms with Gasteiger partial charge in [-0.25, -0.2) is 8.42 Å². The molecule has 0 heterocycles. The molecule has 0 spiro atoms. The van der Waals surface area contributed by atoms with E-state index in [4.69, 9.17) is 21.1 Å². The van der Waals surface area contributed by atoms with E-state index < -0.39 is 10.0 Å². The summed E-state index contributed by atoms with van der Waals surface area (Å²) in [5, 5.41) is 2.00. The molecule has 0 aliphatic rings. The third-order valence-electron chi connectivity index (χ3n) is 3.76. The van der Waals surface area contributed by atoms with Crippen LogP contribution in [0.5, 0.6) is 11.5 Å². The molecular weight excluding hydrogens is 362 g/mol. The lowest BCUT2D eigenvalue weighted by molar-refractivity contribution is 0.392. The number of ether oxygens (including phenoxy) is 2. The molecule has 3 rings (SSSR count). The van der Waals surface area contributed by atoms with Gasteiger partial charge in [-0.2, -0.15) is 0 Å². The molecule has 5 nitrogen and oxygen atoms in total. The minimum absolute atomic E-state index is 0.0517. The van der Waals surface area contributed by atoms with Crippen LogP contribution < -0.4 is 14.2 Å². The maximum atomic E-state index is 12.9. The number of benzene rings is 3. The molecule has 0 aromatic heterocycles. The van der Waals surface area contributed by atoms with Crippen molar-refractivity contribution in [2.45, 2.75) is 4.90 Å². The summed E-state index contributed by atoms with van der Waals surface area (Å²) in [6.07, 6.45) is 0. The Balaban J connectivity index is 2.11. The summed E-state index contributed by atoms with van der Waals surface area (Å²) in [6, 6.07) is 15.7. The number of anilines is 1. The smallest absolute Gasteiger partial charge is 0.265 e. The highest BCUT2D eigenvalue weighted by atomic mass is 35.5. The number of halogens is 1. The van der Waals surface area contributed by atoms with Crippen LogP contribution in [0.25, 0.3) is 10.8 Å². The van der Waals surface area contributed by atoms with Crippen LogP contribution in [-0.2, 0) is 10.0 Å². The van der Waals surface area contributed by atoms with Crippen LogP contribution in [0.4, 0.5) is 5.69 Å². The fourth-order valence-electron chi connectivity index (χ4n) is 2.56. The van der Waals surface area contributed by atoms with Gasteiger partial charge in [0.2, 0.25) is 0 Å². The topological polar surface area (TPSA) is 64.6 Å². The number of hydrogen-bond acceptors (Lipinski definition) is 4. The quantitative estimate of drug-likeness (QED) is 0.719. The van der Waals surface area contributed by atoms with Crippen LogP contribution in [0.15, 0.2) is 59.5 Å². The van der Waals surface area contributed by atoms with Gasteiger partial charge in [-0.15, -0.1) is 0 Å². The first kappa shape index (κ1) is 17.4. The zero-order valence-electron chi connectivity index (χ0n) is 13.6. The zero-order valence-corrected chi connectivity index (χ0v) is 15.2. The van der Waals surface area contributed by atoms with Gasteiger partial charge in [0.15, 0.2) is 0 Å². The van der Waals surface area contributed by atoms with Crippen molar-refractivity contribution < 1.29 is 17.9 Å². The summed E-state index contributed by atoms with van der Waals surface area (Å²) < 4.78 is 38.7. The number of nitrogens with one attached hydrogen (secondary N) is 1. The van der Waals surface area contributed by atoms with Crippen LogP contribution >= 0.6 is 11.6 Å². The van der Waals surface area contributed by atoms with Crippen LogP contribution in [0.1, 0.15) is 0 Å². The third-order valence-corrected chi connectivity index (χ3v) is 5.44. The second kappa shape index (κ2) is 6.82. The molecule has 0 atom stereocenters. The fraction of sp³-hybridized carbons (Fsp3) is 0.111. The predicted molar refractivity (Wildman–Crippen MR) is 99.3 cm³/mol. The van der Waals surface area contributed by atoms with Gasteiger partial charge in [0.1, 0.15) is 16.4 Å². The van der Waals surface area contributed by atoms with E-state index in [1.165, 1.54) is 26.4 Å². The number of sulfonamides is 1. The highest BCUT2D eigenvalue weighted by molar-refractivity contribution is 7.92. The SMILES string of the molecule is COc1cc(S(=O)(=O)Nc2cccc3ccccc23)c(OC)cc1Cl. The highest BCUT2D eigenvalue weighted by Gasteiger charge is 2.23. The lowest BCUT2D eigenvalue weighted by Crippen LogP contribution is -2.14. The van der Waals surface area contributed by atoms with Gasteiger partial charge in [0, 0.05) is 17.5 Å². The third kappa shape index (κ3) is 3.36. The van der Waals surface area contributed by atoms with Crippen molar-refractivity contribution in [1.29, 1.82) is 0 Å². The van der Waals surface area contributed by atoms with E-state index >= 15 is 0 Å². The van der Waals surface area contributed by atoms with Gasteiger partial charge in [0.05, 0.1) is 24.9 Å². The van der Waals surface area contributed by atoms with Crippen molar-refractivity contribution in [1.82, 2.24) is 0 Å². The van der Waals surface area contributed by atoms with Gasteiger partial charge >= 0.3 is 0 Å². The summed E-state index contributed by atoms with van der Waals surface area (Å²) in [4.78, 5) is -0.0517. The maximum absolute atomic E-state index is 12.9. The summed E-state index contributed by atoms with van der Waals surface area (Å²) >= 11 is 6.05. The van der Waals surface area contributed by atoms with E-state index in [9.17, 15) is 8.42 Å². The fourth-order valence-corrected chi connectivity index (χ4v) is 4.03. The average molecular weight is 378 g/mol. The van der Waals surface area contributed by atoms with E-state index in [1.54, 1.807) is 12.1 Å². The van der Waals surface area contributed by atoms with Crippen molar-refractivity contribution in [3.63, 3.8) is 0 Å². The Morgan fingerprint density at radius 2 is 1.60 bits per heavy atom. The van der Waals surface area contributed by atoms with E-state index in [-0.39, 0.29) is 21.4 Å². The number of hydrogen-bond donors (Lipinski definition) is 1. The molecule has 3 aromatic carbocycles. The van der Waals surface area contributed by atoms with Crippen molar-refractivity contribution in [3.8, 4) is 11.5 Å². The molecule has 0 saturated heterocycles. The normalized spacial score (nSPS) is 11.3. The zero-order chi connectivity index (χ0) is 18.0. The Labute approximate surface area is 151 Å². The predicted octanol–water partition coefficient (Wildman–Crippen LogP) is 4.31. The minimum Gasteiger partial charge on any atom is -0.495 e. The molecule has 1 N–H and O–H groups in total. The van der Waals surface area contributed by atoms with Crippen molar-refractivity contribution in [2.24, 2.45) is 0 Å². The molecule has 0 unspecified atom stereocenters. The molecular formula is C18H16ClNO4S. The molecule has 0 fully saturated rings. The molecule has 3 aromatic rings. The summed E-state index contributed by atoms with van der Waals surface area (Å²) in [6.45, 7) is 0. The van der Waals surface area contributed by atoms with E-state index in [2.05, 4.69) is 4.72 Å². The Morgan fingerprint density at radius 3 is 2.32 bits per heavy atom. The second-order valence-corrected chi connectivity index (χ2v) is 7.33. The average Bonchev–Trinajstić information content (AvgIpc) is 2.61. The summed E-state index contributed by atoms with van der Waals surface area (Å²) in [5.74, 6) is 0.388. The molecule has 0 aliphatic heterocycles. The van der Waals surface area contributed by atoms with Crippen LogP contribution in [0.3, 0.4) is 0 Å². The van der Waals surface area contributed by atoms with Crippen molar-refractivity contribution >= 4 is 38.1 Å². The van der Waals surface area contributed by atoms with E-state index in [0.29, 0.717) is 5.69 Å². The number of fused-ring (bicyclic) bond motifs is 1. The first-order valence-corrected chi connectivity index (χ1v) is 9.24. The Morgan fingerprint density at radius 1 is 0.920 bits per heavy atom. The van der Waals surface area contributed by atoms with E-state index in [0.717, 1.165) is 10.8 Å². The van der Waals surface area contributed by atoms with Crippen LogP contribution in [0, 0.1) is 0 Å². The monoisotopic (exact) mass is 377 g/mol. The Kier molecular flexibility index (Phi) is 4.74. The summed E-state index contributed by atoms with van der Waals surface area (Å²) in [5.41, 5.74) is 0.481. The molecule has 0 amide bonds. The second-order valence-electron chi connectivity index (χ2n) is 5.27. The molecule has 0 radical (unpaired) electrons. The lowest BCUT2D eigenvalue weighted by Gasteiger charge is -2.15. The van der Waals surface area contributed by atoms with Gasteiger partial charge in [-0.05, 0) is 11.5 Å². The molecule has 25 heavy (non-hydrogen) atoms. The van der Waals surface area contributed by atoms with Gasteiger partial charge < -0.3 is 9.47 Å². The molecule has 130 valence electrons. The molecule has 0 aliphatic carbocycles. The Hall–Kier alpha value is -2.44. The molecule has 0 saturated carbocycles. The largest absolute Gasteiger partial charge is 0.495 e. The lowest BCUT2D eigenvalue weighted by atomic mass is 10.1. The van der Waals surface area contributed by atoms with Crippen LogP contribution in [-0.4, -0.2) is 22.6 Å². The minimum atomic E-state index is -3.91. The van der Waals surface area contributed by atoms with Gasteiger partial charge in [-0.1, -0.05) is 48.0 Å². The summed E-state index contributed by atoms with van der Waals surface area (Å²) in [7, 11) is -1.11. The number of methoxy groups -OCH3 is 2. The maximum Gasteiger partial charge on any atom is 0.265 e. The first-order chi connectivity index (χ1) is 12.0. The Bertz CT molecular complexity index is 1030. The van der Waals surface area contributed by atoms with E-state index in [1.807, 2.05) is 30.3 Å². The molecule has 7 heteroatoms. The number of rotatable bonds is 5. The van der Waals surface area contributed by atoms with Crippen LogP contribution in [0.2, 0.25) is 5.02 Å². The standard InChI is InChI=1S/C18H16ClNO4S/c1-23-16-11-18(17(24-2)10-14(16)19)25(21,22)20-15-9-5-7-12-6-3-4-8-13(12)15/h3-11,20H,1-2H3.